The van der Waals surface area contributed by atoms with E-state index in [0.29, 0.717) is 138 Å². The Morgan fingerprint density at radius 3 is 1.90 bits per heavy atom. The van der Waals surface area contributed by atoms with E-state index in [4.69, 9.17) is 64.0 Å². The number of ether oxygens (including phenoxy) is 10. The summed E-state index contributed by atoms with van der Waals surface area (Å²) < 4.78 is 57.4. The van der Waals surface area contributed by atoms with Crippen molar-refractivity contribution in [1.82, 2.24) is 25.4 Å². The number of carbonyl (C=O) groups excluding carboxylic acids is 2. The average molecular weight is 1010 g/mol. The highest BCUT2D eigenvalue weighted by atomic mass is 35.5. The molecule has 5 aromatic rings. The Hall–Kier alpha value is -6.12. The molecule has 2 heterocycles. The number of halogens is 1. The van der Waals surface area contributed by atoms with Gasteiger partial charge in [0.05, 0.1) is 118 Å². The van der Waals surface area contributed by atoms with E-state index >= 15 is 0 Å². The molecule has 19 heteroatoms. The van der Waals surface area contributed by atoms with Crippen molar-refractivity contribution in [2.75, 3.05) is 120 Å². The minimum Gasteiger partial charge on any atom is -0.497 e. The Labute approximate surface area is 426 Å². The van der Waals surface area contributed by atoms with Crippen LogP contribution in [-0.2, 0) is 44.4 Å². The highest BCUT2D eigenvalue weighted by Crippen LogP contribution is 2.35. The van der Waals surface area contributed by atoms with E-state index in [9.17, 15) is 9.59 Å². The number of nitrogens with one attached hydrogen (secondary N) is 2. The number of nitrogens with zero attached hydrogens (tertiary/aromatic N) is 4. The standard InChI is InChI=1S/C53H66ClN6O12/c1-38-58-59-53-46(57-52(41-12-14-42(54)15-13-41)45-35-43(63-2)16-17-47(45)60(38)53)36-50(61)55-19-21-66-23-25-68-27-29-70-31-32-71-30-28-69-26-24-67-22-20-56-51(62)37-72-44-10-6-9-39(33-44)7-5-8-40-11-18-48(64-3)49(34-40)65-4/h6-7,9-18,33-35,46H,5,8,19-32,36-37H2,1-4H3,(H,55,61)(H,56,62)/t46-/m0/s1. The number of amides is 2. The van der Waals surface area contributed by atoms with Crippen LogP contribution < -0.4 is 29.6 Å². The summed E-state index contributed by atoms with van der Waals surface area (Å²) in [4.78, 5) is 30.6. The second kappa shape index (κ2) is 30.7. The van der Waals surface area contributed by atoms with Gasteiger partial charge < -0.3 is 58.0 Å². The molecule has 387 valence electrons. The predicted molar refractivity (Wildman–Crippen MR) is 271 cm³/mol. The zero-order valence-electron chi connectivity index (χ0n) is 41.5. The van der Waals surface area contributed by atoms with Crippen LogP contribution >= 0.6 is 11.6 Å². The van der Waals surface area contributed by atoms with Gasteiger partial charge in [-0.3, -0.25) is 19.1 Å². The first-order chi connectivity index (χ1) is 35.3. The number of benzene rings is 4. The van der Waals surface area contributed by atoms with E-state index in [-0.39, 0.29) is 24.8 Å². The molecule has 1 aromatic heterocycles. The summed E-state index contributed by atoms with van der Waals surface area (Å²) in [6.45, 7) is 7.30. The molecule has 2 amide bonds. The molecule has 0 fully saturated rings. The molecule has 0 saturated heterocycles. The van der Waals surface area contributed by atoms with Crippen molar-refractivity contribution in [2.24, 2.45) is 4.99 Å². The van der Waals surface area contributed by atoms with Crippen molar-refractivity contribution in [3.05, 3.63) is 130 Å². The Morgan fingerprint density at radius 2 is 1.28 bits per heavy atom. The van der Waals surface area contributed by atoms with Gasteiger partial charge in [-0.2, -0.15) is 0 Å². The molecule has 18 nitrogen and oxygen atoms in total. The molecule has 1 aliphatic rings. The lowest BCUT2D eigenvalue weighted by Gasteiger charge is -2.14. The second-order valence-electron chi connectivity index (χ2n) is 16.2. The fraction of sp³-hybridized carbons (Fsp3) is 0.434. The molecule has 1 aliphatic heterocycles. The van der Waals surface area contributed by atoms with Crippen molar-refractivity contribution in [1.29, 1.82) is 0 Å². The number of methoxy groups -OCH3 is 3. The maximum Gasteiger partial charge on any atom is 0.258 e. The molecule has 4 aromatic carbocycles. The topological polar surface area (TPSA) is 194 Å². The molecule has 1 atom stereocenters. The smallest absolute Gasteiger partial charge is 0.258 e. The van der Waals surface area contributed by atoms with E-state index in [0.717, 1.165) is 40.8 Å². The van der Waals surface area contributed by atoms with Gasteiger partial charge in [-0.25, -0.2) is 0 Å². The normalized spacial score (nSPS) is 12.8. The highest BCUT2D eigenvalue weighted by molar-refractivity contribution is 6.30. The Bertz CT molecular complexity index is 2470. The van der Waals surface area contributed by atoms with Crippen LogP contribution in [0.25, 0.3) is 5.69 Å². The number of aliphatic imine (C=N–C) groups is 1. The van der Waals surface area contributed by atoms with Gasteiger partial charge in [-0.1, -0.05) is 41.9 Å². The predicted octanol–water partition coefficient (Wildman–Crippen LogP) is 6.13. The van der Waals surface area contributed by atoms with Crippen LogP contribution in [0.2, 0.25) is 5.02 Å². The van der Waals surface area contributed by atoms with Crippen molar-refractivity contribution in [3.8, 4) is 28.7 Å². The molecule has 0 saturated carbocycles. The van der Waals surface area contributed by atoms with Gasteiger partial charge in [0.1, 0.15) is 23.4 Å². The molecular weight excluding hydrogens is 948 g/mol. The zero-order chi connectivity index (χ0) is 50.8. The van der Waals surface area contributed by atoms with Crippen LogP contribution in [0.1, 0.15) is 52.8 Å². The van der Waals surface area contributed by atoms with Gasteiger partial charge in [0.25, 0.3) is 5.91 Å². The van der Waals surface area contributed by atoms with Crippen LogP contribution in [0, 0.1) is 13.3 Å². The van der Waals surface area contributed by atoms with Crippen LogP contribution in [0.5, 0.6) is 23.0 Å². The van der Waals surface area contributed by atoms with E-state index < -0.39 is 6.04 Å². The monoisotopic (exact) mass is 1010 g/mol. The molecular formula is C53H66ClN6O12. The van der Waals surface area contributed by atoms with Gasteiger partial charge in [-0.15, -0.1) is 10.2 Å². The van der Waals surface area contributed by atoms with Crippen molar-refractivity contribution >= 4 is 29.1 Å². The van der Waals surface area contributed by atoms with Gasteiger partial charge >= 0.3 is 0 Å². The highest BCUT2D eigenvalue weighted by Gasteiger charge is 2.30. The first-order valence-corrected chi connectivity index (χ1v) is 24.3. The average Bonchev–Trinajstić information content (AvgIpc) is 3.72. The first-order valence-electron chi connectivity index (χ1n) is 24.0. The lowest BCUT2D eigenvalue weighted by Crippen LogP contribution is -2.31. The van der Waals surface area contributed by atoms with Crippen LogP contribution in [0.3, 0.4) is 0 Å². The van der Waals surface area contributed by atoms with Crippen LogP contribution in [-0.4, -0.2) is 153 Å². The van der Waals surface area contributed by atoms with Crippen LogP contribution in [0.15, 0.2) is 89.9 Å². The summed E-state index contributed by atoms with van der Waals surface area (Å²) in [7, 11) is 4.87. The zero-order valence-corrected chi connectivity index (χ0v) is 42.3. The number of aryl methyl sites for hydroxylation is 2. The summed E-state index contributed by atoms with van der Waals surface area (Å²) in [5.41, 5.74) is 5.38. The van der Waals surface area contributed by atoms with Crippen molar-refractivity contribution < 1.29 is 57.0 Å². The third-order valence-electron chi connectivity index (χ3n) is 11.1. The third-order valence-corrected chi connectivity index (χ3v) is 11.4. The van der Waals surface area contributed by atoms with E-state index in [1.54, 1.807) is 21.3 Å². The Balaban J connectivity index is 0.712. The number of rotatable bonds is 34. The van der Waals surface area contributed by atoms with Gasteiger partial charge in [0.15, 0.2) is 23.9 Å². The molecule has 1 radical (unpaired) electrons. The van der Waals surface area contributed by atoms with Gasteiger partial charge in [0.2, 0.25) is 5.91 Å². The SMILES string of the molecule is COc1ccc2c(c1)C(c1ccc(Cl)cc1)=N[C@@H](CC(=O)NCCOCCOCCOCCOCCOCCOCCNC(=O)COc1cccc([CH]CCc3ccc(OC)c(OC)c3)c1)c1nnc(C)n1-2. The molecule has 6 rings (SSSR count). The van der Waals surface area contributed by atoms with E-state index in [2.05, 4.69) is 27.3 Å². The van der Waals surface area contributed by atoms with Gasteiger partial charge in [0, 0.05) is 29.2 Å². The molecule has 0 unspecified atom stereocenters. The maximum absolute atomic E-state index is 13.2. The Kier molecular flexibility index (Phi) is 23.5. The van der Waals surface area contributed by atoms with Gasteiger partial charge in [-0.05, 0) is 91.9 Å². The maximum atomic E-state index is 13.2. The molecule has 0 bridgehead atoms. The van der Waals surface area contributed by atoms with E-state index in [1.807, 2.05) is 96.4 Å². The summed E-state index contributed by atoms with van der Waals surface area (Å²) in [5.74, 6) is 3.55. The molecule has 0 aliphatic carbocycles. The minimum atomic E-state index is -0.603. The molecule has 0 spiro atoms. The number of aromatic nitrogens is 3. The Morgan fingerprint density at radius 1 is 0.653 bits per heavy atom. The molecule has 2 N–H and O–H groups in total. The van der Waals surface area contributed by atoms with E-state index in [1.165, 1.54) is 0 Å². The summed E-state index contributed by atoms with van der Waals surface area (Å²) >= 11 is 6.21. The summed E-state index contributed by atoms with van der Waals surface area (Å²) in [6, 6.07) is 26.2. The third kappa shape index (κ3) is 17.9. The minimum absolute atomic E-state index is 0.0599. The van der Waals surface area contributed by atoms with Crippen molar-refractivity contribution in [2.45, 2.75) is 32.2 Å². The quantitative estimate of drug-likeness (QED) is 0.0447. The molecule has 72 heavy (non-hydrogen) atoms. The number of carbonyl (C=O) groups is 2. The van der Waals surface area contributed by atoms with Crippen LogP contribution in [0.4, 0.5) is 0 Å². The number of fused-ring (bicyclic) bond motifs is 3. The fourth-order valence-electron chi connectivity index (χ4n) is 7.52. The largest absolute Gasteiger partial charge is 0.497 e. The summed E-state index contributed by atoms with van der Waals surface area (Å²) in [5, 5.41) is 15.1. The summed E-state index contributed by atoms with van der Waals surface area (Å²) in [6.07, 6.45) is 3.87. The lowest BCUT2D eigenvalue weighted by atomic mass is 10.00. The van der Waals surface area contributed by atoms with Crippen molar-refractivity contribution in [3.63, 3.8) is 0 Å². The fourth-order valence-corrected chi connectivity index (χ4v) is 7.65. The first kappa shape index (κ1) is 55.2. The number of hydrogen-bond donors (Lipinski definition) is 2. The second-order valence-corrected chi connectivity index (χ2v) is 16.6. The lowest BCUT2D eigenvalue weighted by molar-refractivity contribution is -0.123. The number of hydrogen-bond acceptors (Lipinski definition) is 15.